The fraction of sp³-hybridized carbons (Fsp3) is 1.00. The zero-order chi connectivity index (χ0) is 9.23. The Labute approximate surface area is 74.0 Å². The average Bonchev–Trinajstić information content (AvgIpc) is 2.10. The Bertz CT molecular complexity index is 85.8. The van der Waals surface area contributed by atoms with Crippen molar-refractivity contribution in [2.24, 2.45) is 5.92 Å². The zero-order valence-corrected chi connectivity index (χ0v) is 7.58. The smallest absolute Gasteiger partial charge is 0.0460 e. The van der Waals surface area contributed by atoms with Crippen molar-refractivity contribution in [1.29, 1.82) is 0 Å². The molecule has 3 nitrogen and oxygen atoms in total. The summed E-state index contributed by atoms with van der Waals surface area (Å²) in [5.41, 5.74) is 0. The molecule has 74 valence electrons. The van der Waals surface area contributed by atoms with E-state index in [4.69, 9.17) is 15.3 Å². The van der Waals surface area contributed by atoms with Gasteiger partial charge in [-0.2, -0.15) is 0 Å². The van der Waals surface area contributed by atoms with Crippen LogP contribution in [-0.2, 0) is 0 Å². The largest absolute Gasteiger partial charge is 0.396 e. The standard InChI is InChI=1S/C9H20O3/c10-6-3-1-2-4-9(8-12)5-7-11/h9-12H,1-8H2. The van der Waals surface area contributed by atoms with E-state index in [-0.39, 0.29) is 25.7 Å². The lowest BCUT2D eigenvalue weighted by molar-refractivity contribution is 0.173. The summed E-state index contributed by atoms with van der Waals surface area (Å²) in [5.74, 6) is 0.244. The third kappa shape index (κ3) is 6.58. The van der Waals surface area contributed by atoms with Gasteiger partial charge in [-0.25, -0.2) is 0 Å². The summed E-state index contributed by atoms with van der Waals surface area (Å²) in [6.07, 6.45) is 4.54. The number of aliphatic hydroxyl groups is 3. The van der Waals surface area contributed by atoms with Crippen molar-refractivity contribution >= 4 is 0 Å². The van der Waals surface area contributed by atoms with Gasteiger partial charge in [-0.15, -0.1) is 0 Å². The molecule has 0 aliphatic rings. The maximum absolute atomic E-state index is 8.85. The third-order valence-corrected chi connectivity index (χ3v) is 2.07. The van der Waals surface area contributed by atoms with Crippen LogP contribution in [0.4, 0.5) is 0 Å². The molecule has 0 radical (unpaired) electrons. The predicted octanol–water partition coefficient (Wildman–Crippen LogP) is 0.530. The maximum Gasteiger partial charge on any atom is 0.0460 e. The van der Waals surface area contributed by atoms with Gasteiger partial charge in [0.15, 0.2) is 0 Å². The molecule has 0 aromatic heterocycles. The Kier molecular flexibility index (Phi) is 8.88. The van der Waals surface area contributed by atoms with E-state index >= 15 is 0 Å². The number of hydrogen-bond acceptors (Lipinski definition) is 3. The van der Waals surface area contributed by atoms with Crippen LogP contribution in [-0.4, -0.2) is 35.1 Å². The van der Waals surface area contributed by atoms with Crippen molar-refractivity contribution in [3.8, 4) is 0 Å². The van der Waals surface area contributed by atoms with Crippen LogP contribution in [0.3, 0.4) is 0 Å². The van der Waals surface area contributed by atoms with Gasteiger partial charge in [0, 0.05) is 19.8 Å². The summed E-state index contributed by atoms with van der Waals surface area (Å²) < 4.78 is 0. The number of aliphatic hydroxyl groups excluding tert-OH is 3. The highest BCUT2D eigenvalue weighted by Crippen LogP contribution is 2.12. The SMILES string of the molecule is OCCCCCC(CO)CCO. The topological polar surface area (TPSA) is 60.7 Å². The summed E-state index contributed by atoms with van der Waals surface area (Å²) in [6.45, 7) is 0.578. The Hall–Kier alpha value is -0.120. The lowest BCUT2D eigenvalue weighted by atomic mass is 9.99. The molecular weight excluding hydrogens is 156 g/mol. The Balaban J connectivity index is 3.19. The van der Waals surface area contributed by atoms with Crippen LogP contribution in [0.5, 0.6) is 0 Å². The normalized spacial score (nSPS) is 13.2. The molecular formula is C9H20O3. The van der Waals surface area contributed by atoms with E-state index in [1.54, 1.807) is 0 Å². The van der Waals surface area contributed by atoms with Gasteiger partial charge in [-0.1, -0.05) is 12.8 Å². The van der Waals surface area contributed by atoms with E-state index in [2.05, 4.69) is 0 Å². The first-order chi connectivity index (χ1) is 5.85. The predicted molar refractivity (Wildman–Crippen MR) is 47.8 cm³/mol. The first-order valence-corrected chi connectivity index (χ1v) is 4.67. The second-order valence-electron chi connectivity index (χ2n) is 3.13. The molecule has 0 saturated carbocycles. The summed E-state index contributed by atoms with van der Waals surface area (Å²) >= 11 is 0. The minimum atomic E-state index is 0.158. The number of rotatable bonds is 8. The van der Waals surface area contributed by atoms with Gasteiger partial charge in [0.25, 0.3) is 0 Å². The molecule has 0 bridgehead atoms. The van der Waals surface area contributed by atoms with E-state index in [1.165, 1.54) is 0 Å². The Morgan fingerprint density at radius 3 is 2.00 bits per heavy atom. The molecule has 0 heterocycles. The molecule has 0 aromatic carbocycles. The second-order valence-corrected chi connectivity index (χ2v) is 3.13. The minimum absolute atomic E-state index is 0.158. The molecule has 0 rings (SSSR count). The van der Waals surface area contributed by atoms with Gasteiger partial charge < -0.3 is 15.3 Å². The van der Waals surface area contributed by atoms with E-state index in [0.29, 0.717) is 6.42 Å². The van der Waals surface area contributed by atoms with E-state index in [0.717, 1.165) is 25.7 Å². The summed E-state index contributed by atoms with van der Waals surface area (Å²) in [6, 6.07) is 0. The van der Waals surface area contributed by atoms with Crippen molar-refractivity contribution in [2.75, 3.05) is 19.8 Å². The van der Waals surface area contributed by atoms with Gasteiger partial charge in [0.05, 0.1) is 0 Å². The van der Waals surface area contributed by atoms with Crippen molar-refractivity contribution in [2.45, 2.75) is 32.1 Å². The first-order valence-electron chi connectivity index (χ1n) is 4.67. The monoisotopic (exact) mass is 176 g/mol. The van der Waals surface area contributed by atoms with Gasteiger partial charge >= 0.3 is 0 Å². The lowest BCUT2D eigenvalue weighted by Crippen LogP contribution is -2.08. The fourth-order valence-electron chi connectivity index (χ4n) is 1.23. The van der Waals surface area contributed by atoms with Gasteiger partial charge in [0.1, 0.15) is 0 Å². The van der Waals surface area contributed by atoms with E-state index in [9.17, 15) is 0 Å². The number of unbranched alkanes of at least 4 members (excludes halogenated alkanes) is 2. The Morgan fingerprint density at radius 2 is 1.50 bits per heavy atom. The highest BCUT2D eigenvalue weighted by molar-refractivity contribution is 4.57. The van der Waals surface area contributed by atoms with E-state index < -0.39 is 0 Å². The third-order valence-electron chi connectivity index (χ3n) is 2.07. The molecule has 0 saturated heterocycles. The van der Waals surface area contributed by atoms with Crippen LogP contribution < -0.4 is 0 Å². The molecule has 3 N–H and O–H groups in total. The molecule has 1 unspecified atom stereocenters. The Morgan fingerprint density at radius 1 is 0.750 bits per heavy atom. The molecule has 0 aliphatic carbocycles. The lowest BCUT2D eigenvalue weighted by Gasteiger charge is -2.11. The molecule has 1 atom stereocenters. The molecule has 12 heavy (non-hydrogen) atoms. The highest BCUT2D eigenvalue weighted by Gasteiger charge is 2.05. The fourth-order valence-corrected chi connectivity index (χ4v) is 1.23. The van der Waals surface area contributed by atoms with Gasteiger partial charge in [-0.05, 0) is 25.2 Å². The molecule has 3 heteroatoms. The highest BCUT2D eigenvalue weighted by atomic mass is 16.3. The summed E-state index contributed by atoms with van der Waals surface area (Å²) in [4.78, 5) is 0. The van der Waals surface area contributed by atoms with Crippen LogP contribution in [0, 0.1) is 5.92 Å². The summed E-state index contributed by atoms with van der Waals surface area (Å²) in [5, 5.41) is 26.0. The molecule has 0 aromatic rings. The van der Waals surface area contributed by atoms with Crippen LogP contribution in [0.1, 0.15) is 32.1 Å². The van der Waals surface area contributed by atoms with Crippen molar-refractivity contribution in [3.63, 3.8) is 0 Å². The molecule has 0 amide bonds. The number of hydrogen-bond donors (Lipinski definition) is 3. The quantitative estimate of drug-likeness (QED) is 0.473. The van der Waals surface area contributed by atoms with Gasteiger partial charge in [-0.3, -0.25) is 0 Å². The summed E-state index contributed by atoms with van der Waals surface area (Å²) in [7, 11) is 0. The van der Waals surface area contributed by atoms with Crippen LogP contribution in [0.25, 0.3) is 0 Å². The van der Waals surface area contributed by atoms with Gasteiger partial charge in [0.2, 0.25) is 0 Å². The zero-order valence-electron chi connectivity index (χ0n) is 7.58. The maximum atomic E-state index is 8.85. The molecule has 0 spiro atoms. The molecule has 0 aliphatic heterocycles. The van der Waals surface area contributed by atoms with Crippen molar-refractivity contribution in [3.05, 3.63) is 0 Å². The van der Waals surface area contributed by atoms with Crippen molar-refractivity contribution < 1.29 is 15.3 Å². The van der Waals surface area contributed by atoms with Crippen molar-refractivity contribution in [1.82, 2.24) is 0 Å². The first kappa shape index (κ1) is 11.9. The van der Waals surface area contributed by atoms with Crippen LogP contribution in [0.2, 0.25) is 0 Å². The minimum Gasteiger partial charge on any atom is -0.396 e. The average molecular weight is 176 g/mol. The van der Waals surface area contributed by atoms with Crippen LogP contribution >= 0.6 is 0 Å². The molecule has 0 fully saturated rings. The second kappa shape index (κ2) is 8.97. The van der Waals surface area contributed by atoms with Crippen LogP contribution in [0.15, 0.2) is 0 Å². The van der Waals surface area contributed by atoms with E-state index in [1.807, 2.05) is 0 Å².